The van der Waals surface area contributed by atoms with E-state index >= 15 is 0 Å². The van der Waals surface area contributed by atoms with Crippen LogP contribution in [0.4, 0.5) is 4.39 Å². The van der Waals surface area contributed by atoms with E-state index in [1.54, 1.807) is 18.2 Å². The summed E-state index contributed by atoms with van der Waals surface area (Å²) in [5, 5.41) is 9.90. The number of carbonyl (C=O) groups excluding carboxylic acids is 1. The van der Waals surface area contributed by atoms with Crippen LogP contribution in [0.15, 0.2) is 59.7 Å². The van der Waals surface area contributed by atoms with Gasteiger partial charge >= 0.3 is 0 Å². The summed E-state index contributed by atoms with van der Waals surface area (Å²) in [6.45, 7) is 3.94. The fourth-order valence-electron chi connectivity index (χ4n) is 1.51. The molecule has 2 N–H and O–H groups in total. The zero-order valence-corrected chi connectivity index (χ0v) is 14.0. The van der Waals surface area contributed by atoms with Gasteiger partial charge in [-0.1, -0.05) is 36.8 Å². The quantitative estimate of drug-likeness (QED) is 0.356. The molecule has 0 fully saturated rings. The predicted molar refractivity (Wildman–Crippen MR) is 93.2 cm³/mol. The second-order valence-corrected chi connectivity index (χ2v) is 4.77. The maximum Gasteiger partial charge on any atom is 0.261 e. The number of allylic oxidation sites excluding steroid dienone is 6. The molecule has 4 nitrogen and oxygen atoms in total. The molecule has 0 aliphatic rings. The average molecular weight is 341 g/mol. The van der Waals surface area contributed by atoms with E-state index in [-0.39, 0.29) is 17.5 Å². The third-order valence-corrected chi connectivity index (χ3v) is 2.84. The van der Waals surface area contributed by atoms with E-state index in [4.69, 9.17) is 21.7 Å². The van der Waals surface area contributed by atoms with Crippen molar-refractivity contribution in [2.24, 2.45) is 0 Å². The molecule has 6 heteroatoms. The van der Waals surface area contributed by atoms with Gasteiger partial charge in [0.15, 0.2) is 6.10 Å². The van der Waals surface area contributed by atoms with Gasteiger partial charge < -0.3 is 15.5 Å². The van der Waals surface area contributed by atoms with Crippen molar-refractivity contribution in [2.45, 2.75) is 26.4 Å². The smallest absolute Gasteiger partial charge is 0.261 e. The van der Waals surface area contributed by atoms with Crippen LogP contribution in [0.25, 0.3) is 0 Å². The minimum Gasteiger partial charge on any atom is -0.488 e. The Morgan fingerprint density at radius 2 is 2.13 bits per heavy atom. The zero-order valence-electron chi connectivity index (χ0n) is 13.3. The Labute approximate surface area is 141 Å². The van der Waals surface area contributed by atoms with E-state index < -0.39 is 6.10 Å². The first-order valence-corrected chi connectivity index (χ1v) is 7.51. The lowest BCUT2D eigenvalue weighted by Crippen LogP contribution is -2.36. The molecule has 1 atom stereocenters. The van der Waals surface area contributed by atoms with Crippen LogP contribution in [-0.2, 0) is 9.53 Å². The third-order valence-electron chi connectivity index (χ3n) is 2.61. The van der Waals surface area contributed by atoms with Crippen LogP contribution < -0.4 is 5.32 Å². The highest BCUT2D eigenvalue weighted by Gasteiger charge is 2.15. The number of halogens is 2. The maximum absolute atomic E-state index is 12.0. The summed E-state index contributed by atoms with van der Waals surface area (Å²) < 4.78 is 17.4. The van der Waals surface area contributed by atoms with Gasteiger partial charge in [-0.2, -0.15) is 0 Å². The van der Waals surface area contributed by atoms with Crippen molar-refractivity contribution >= 4 is 23.7 Å². The van der Waals surface area contributed by atoms with Crippen molar-refractivity contribution in [2.75, 3.05) is 6.54 Å². The lowest BCUT2D eigenvalue weighted by atomic mass is 10.2. The third kappa shape index (κ3) is 10.3. The van der Waals surface area contributed by atoms with Gasteiger partial charge in [0.05, 0.1) is 17.6 Å². The molecule has 126 valence electrons. The highest BCUT2D eigenvalue weighted by atomic mass is 35.5. The molecule has 0 bridgehead atoms. The van der Waals surface area contributed by atoms with Gasteiger partial charge in [0.25, 0.3) is 5.91 Å². The summed E-state index contributed by atoms with van der Waals surface area (Å²) in [6, 6.07) is 0. The van der Waals surface area contributed by atoms with Crippen LogP contribution in [0.5, 0.6) is 0 Å². The number of amides is 1. The molecule has 1 amide bonds. The van der Waals surface area contributed by atoms with Crippen LogP contribution in [0.2, 0.25) is 0 Å². The Kier molecular flexibility index (Phi) is 12.3. The van der Waals surface area contributed by atoms with Crippen molar-refractivity contribution in [3.63, 3.8) is 0 Å². The van der Waals surface area contributed by atoms with Crippen LogP contribution in [-0.4, -0.2) is 24.8 Å². The number of ether oxygens (including phenoxy) is 1. The maximum atomic E-state index is 12.0. The summed E-state index contributed by atoms with van der Waals surface area (Å²) in [4.78, 5) is 12.0. The van der Waals surface area contributed by atoms with Gasteiger partial charge in [-0.3, -0.25) is 4.79 Å². The minimum atomic E-state index is -0.637. The molecule has 1 unspecified atom stereocenters. The first-order chi connectivity index (χ1) is 11.1. The van der Waals surface area contributed by atoms with Crippen LogP contribution in [0, 0.1) is 5.41 Å². The molecule has 0 aromatic carbocycles. The minimum absolute atomic E-state index is 0.254. The molecule has 0 aliphatic carbocycles. The Morgan fingerprint density at radius 3 is 2.70 bits per heavy atom. The largest absolute Gasteiger partial charge is 0.488 e. The van der Waals surface area contributed by atoms with Crippen molar-refractivity contribution < 1.29 is 13.9 Å². The summed E-state index contributed by atoms with van der Waals surface area (Å²) >= 11 is 5.62. The number of hydrogen-bond acceptors (Lipinski definition) is 3. The molecular formula is C17H22ClFN2O2. The molecule has 0 radical (unpaired) electrons. The van der Waals surface area contributed by atoms with Gasteiger partial charge in [0.1, 0.15) is 0 Å². The van der Waals surface area contributed by atoms with Gasteiger partial charge in [0.2, 0.25) is 0 Å². The Bertz CT molecular complexity index is 523. The molecule has 0 saturated heterocycles. The number of carbonyl (C=O) groups is 1. The van der Waals surface area contributed by atoms with Crippen molar-refractivity contribution in [1.29, 1.82) is 5.41 Å². The Balaban J connectivity index is 4.57. The second-order valence-electron chi connectivity index (χ2n) is 4.34. The van der Waals surface area contributed by atoms with E-state index in [9.17, 15) is 9.18 Å². The summed E-state index contributed by atoms with van der Waals surface area (Å²) in [6.07, 6.45) is 12.1. The molecule has 0 heterocycles. The van der Waals surface area contributed by atoms with Crippen molar-refractivity contribution in [1.82, 2.24) is 5.32 Å². The van der Waals surface area contributed by atoms with Gasteiger partial charge in [-0.15, -0.1) is 0 Å². The van der Waals surface area contributed by atoms with Crippen LogP contribution in [0.3, 0.4) is 0 Å². The topological polar surface area (TPSA) is 62.2 Å². The highest BCUT2D eigenvalue weighted by molar-refractivity contribution is 6.39. The SMILES string of the molecule is C\C=C/C(=C\C=C\F)CNC(=O)C(CC)O/C=C/C=C(/Cl)C=N. The molecule has 0 aliphatic heterocycles. The lowest BCUT2D eigenvalue weighted by molar-refractivity contribution is -0.129. The van der Waals surface area contributed by atoms with Gasteiger partial charge in [-0.25, -0.2) is 4.39 Å². The van der Waals surface area contributed by atoms with E-state index in [2.05, 4.69) is 5.32 Å². The van der Waals surface area contributed by atoms with E-state index in [1.807, 2.05) is 13.8 Å². The second kappa shape index (κ2) is 13.5. The monoisotopic (exact) mass is 340 g/mol. The molecule has 0 spiro atoms. The Hall–Kier alpha value is -2.14. The standard InChI is InChI=1S/C17H22ClFN2O2/c1-3-7-14(8-5-10-19)13-21-17(22)16(4-2)23-11-6-9-15(18)12-20/h3,5-12,16,20H,4,13H2,1-2H3,(H,21,22)/b7-3-,10-5+,11-6+,14-8+,15-9+,20-12?. The first-order valence-electron chi connectivity index (χ1n) is 7.13. The molecular weight excluding hydrogens is 319 g/mol. The zero-order chi connectivity index (χ0) is 17.5. The number of nitrogens with one attached hydrogen (secondary N) is 2. The Morgan fingerprint density at radius 1 is 1.39 bits per heavy atom. The normalized spacial score (nSPS) is 14.6. The molecule has 0 aromatic rings. The summed E-state index contributed by atoms with van der Waals surface area (Å²) in [5.74, 6) is -0.265. The fourth-order valence-corrected chi connectivity index (χ4v) is 1.59. The van der Waals surface area contributed by atoms with E-state index in [0.717, 1.165) is 11.8 Å². The lowest BCUT2D eigenvalue weighted by Gasteiger charge is -2.14. The van der Waals surface area contributed by atoms with Crippen molar-refractivity contribution in [3.05, 3.63) is 59.7 Å². The van der Waals surface area contributed by atoms with Crippen LogP contribution in [0.1, 0.15) is 20.3 Å². The van der Waals surface area contributed by atoms with E-state index in [0.29, 0.717) is 12.8 Å². The van der Waals surface area contributed by atoms with Crippen LogP contribution >= 0.6 is 11.6 Å². The molecule has 23 heavy (non-hydrogen) atoms. The van der Waals surface area contributed by atoms with E-state index in [1.165, 1.54) is 24.5 Å². The van der Waals surface area contributed by atoms with Crippen molar-refractivity contribution in [3.8, 4) is 0 Å². The first kappa shape index (κ1) is 20.9. The average Bonchev–Trinajstić information content (AvgIpc) is 2.56. The predicted octanol–water partition coefficient (Wildman–Crippen LogP) is 4.17. The fraction of sp³-hybridized carbons (Fsp3) is 0.294. The van der Waals surface area contributed by atoms with Gasteiger partial charge in [-0.05, 0) is 37.1 Å². The number of rotatable bonds is 10. The highest BCUT2D eigenvalue weighted by Crippen LogP contribution is 2.03. The summed E-state index contributed by atoms with van der Waals surface area (Å²) in [5.41, 5.74) is 0.765. The molecule has 0 saturated carbocycles. The summed E-state index contributed by atoms with van der Waals surface area (Å²) in [7, 11) is 0. The van der Waals surface area contributed by atoms with Gasteiger partial charge in [0, 0.05) is 12.8 Å². The molecule has 0 rings (SSSR count). The number of hydrogen-bond donors (Lipinski definition) is 2. The molecule has 0 aromatic heterocycles.